The molecule has 2 aliphatic rings. The average molecular weight is 363 g/mol. The Hall–Kier alpha value is -2.90. The van der Waals surface area contributed by atoms with E-state index in [1.807, 2.05) is 6.07 Å². The van der Waals surface area contributed by atoms with E-state index in [0.29, 0.717) is 35.4 Å². The molecule has 0 atom stereocenters. The second-order valence-corrected chi connectivity index (χ2v) is 7.69. The zero-order valence-corrected chi connectivity index (χ0v) is 14.9. The number of hydrogen-bond donors (Lipinski definition) is 0. The summed E-state index contributed by atoms with van der Waals surface area (Å²) in [6.07, 6.45) is 2.50. The van der Waals surface area contributed by atoms with Crippen molar-refractivity contribution in [1.82, 2.24) is 14.5 Å². The molecule has 7 nitrogen and oxygen atoms in total. The summed E-state index contributed by atoms with van der Waals surface area (Å²) in [6.45, 7) is 5.29. The predicted molar refractivity (Wildman–Crippen MR) is 97.0 cm³/mol. The van der Waals surface area contributed by atoms with E-state index < -0.39 is 6.29 Å². The van der Waals surface area contributed by atoms with Gasteiger partial charge in [0.25, 0.3) is 5.56 Å². The summed E-state index contributed by atoms with van der Waals surface area (Å²) >= 11 is 0. The molecule has 0 N–H and O–H groups in total. The fourth-order valence-electron chi connectivity index (χ4n) is 3.49. The van der Waals surface area contributed by atoms with Crippen LogP contribution >= 0.6 is 0 Å². The van der Waals surface area contributed by atoms with Gasteiger partial charge >= 0.3 is 0 Å². The minimum atomic E-state index is -0.521. The van der Waals surface area contributed by atoms with Crippen LogP contribution in [0.3, 0.4) is 0 Å². The molecule has 1 saturated heterocycles. The van der Waals surface area contributed by atoms with Crippen LogP contribution in [-0.2, 0) is 9.47 Å². The van der Waals surface area contributed by atoms with Crippen LogP contribution in [-0.4, -0.2) is 33.5 Å². The lowest BCUT2D eigenvalue weighted by molar-refractivity contribution is -0.226. The van der Waals surface area contributed by atoms with Crippen LogP contribution < -0.4 is 5.56 Å². The average Bonchev–Trinajstić information content (AvgIpc) is 2.94. The molecule has 0 radical (unpaired) electrons. The van der Waals surface area contributed by atoms with Gasteiger partial charge in [0.2, 0.25) is 5.78 Å². The van der Waals surface area contributed by atoms with Crippen LogP contribution in [0.15, 0.2) is 41.5 Å². The summed E-state index contributed by atoms with van der Waals surface area (Å²) in [5, 5.41) is 0.382. The largest absolute Gasteiger partial charge is 0.348 e. The first-order valence-corrected chi connectivity index (χ1v) is 8.74. The van der Waals surface area contributed by atoms with E-state index in [1.165, 1.54) is 10.8 Å². The summed E-state index contributed by atoms with van der Waals surface area (Å²) in [7, 11) is 0. The molecular weight excluding hydrogens is 346 g/mol. The molecule has 3 aromatic rings. The third-order valence-corrected chi connectivity index (χ3v) is 4.90. The number of aromatic nitrogens is 3. The van der Waals surface area contributed by atoms with Crippen LogP contribution in [0, 0.1) is 5.41 Å². The van der Waals surface area contributed by atoms with Gasteiger partial charge in [-0.15, -0.1) is 0 Å². The molecule has 27 heavy (non-hydrogen) atoms. The molecule has 0 spiro atoms. The zero-order valence-electron chi connectivity index (χ0n) is 14.9. The van der Waals surface area contributed by atoms with E-state index in [1.54, 1.807) is 24.4 Å². The predicted octanol–water partition coefficient (Wildman–Crippen LogP) is 2.40. The SMILES string of the molecule is CC1(C)COC(c2ccc3c(c2)C(=O)c2nc4ccncc4c(=O)n2-3)OC1. The normalized spacial score (nSPS) is 18.5. The molecule has 136 valence electrons. The minimum absolute atomic E-state index is 0.0370. The second-order valence-electron chi connectivity index (χ2n) is 7.69. The van der Waals surface area contributed by atoms with E-state index in [2.05, 4.69) is 23.8 Å². The van der Waals surface area contributed by atoms with Gasteiger partial charge < -0.3 is 9.47 Å². The minimum Gasteiger partial charge on any atom is -0.348 e. The second kappa shape index (κ2) is 5.55. The zero-order chi connectivity index (χ0) is 18.8. The van der Waals surface area contributed by atoms with Crippen LogP contribution in [0.1, 0.15) is 41.9 Å². The smallest absolute Gasteiger partial charge is 0.267 e. The summed E-state index contributed by atoms with van der Waals surface area (Å²) in [4.78, 5) is 34.1. The van der Waals surface area contributed by atoms with Gasteiger partial charge in [-0.1, -0.05) is 19.9 Å². The van der Waals surface area contributed by atoms with Crippen molar-refractivity contribution < 1.29 is 14.3 Å². The third-order valence-electron chi connectivity index (χ3n) is 4.90. The first kappa shape index (κ1) is 16.3. The summed E-state index contributed by atoms with van der Waals surface area (Å²) in [6, 6.07) is 6.93. The van der Waals surface area contributed by atoms with Crippen LogP contribution in [0.4, 0.5) is 0 Å². The molecule has 2 aliphatic heterocycles. The number of fused-ring (bicyclic) bond motifs is 4. The van der Waals surface area contributed by atoms with Gasteiger partial charge in [0, 0.05) is 23.4 Å². The van der Waals surface area contributed by atoms with Crippen molar-refractivity contribution in [3.05, 3.63) is 64.0 Å². The Balaban J connectivity index is 1.61. The lowest BCUT2D eigenvalue weighted by Gasteiger charge is -2.34. The van der Waals surface area contributed by atoms with E-state index in [-0.39, 0.29) is 22.6 Å². The summed E-state index contributed by atoms with van der Waals surface area (Å²) in [5.41, 5.74) is 1.84. The highest BCUT2D eigenvalue weighted by molar-refractivity contribution is 6.13. The lowest BCUT2D eigenvalue weighted by Crippen LogP contribution is -2.33. The van der Waals surface area contributed by atoms with Crippen molar-refractivity contribution in [2.45, 2.75) is 20.1 Å². The molecule has 5 rings (SSSR count). The van der Waals surface area contributed by atoms with Gasteiger partial charge in [-0.3, -0.25) is 19.1 Å². The maximum absolute atomic E-state index is 12.9. The first-order valence-electron chi connectivity index (χ1n) is 8.74. The van der Waals surface area contributed by atoms with Crippen LogP contribution in [0.25, 0.3) is 16.6 Å². The molecule has 4 heterocycles. The van der Waals surface area contributed by atoms with E-state index >= 15 is 0 Å². The fourth-order valence-corrected chi connectivity index (χ4v) is 3.49. The van der Waals surface area contributed by atoms with Crippen molar-refractivity contribution in [1.29, 1.82) is 0 Å². The summed E-state index contributed by atoms with van der Waals surface area (Å²) < 4.78 is 13.0. The number of ether oxygens (including phenoxy) is 2. The Morgan fingerprint density at radius 3 is 2.70 bits per heavy atom. The summed E-state index contributed by atoms with van der Waals surface area (Å²) in [5.74, 6) is -0.156. The maximum Gasteiger partial charge on any atom is 0.267 e. The number of ketones is 1. The number of carbonyl (C=O) groups is 1. The number of hydrogen-bond acceptors (Lipinski definition) is 6. The Morgan fingerprint density at radius 2 is 1.93 bits per heavy atom. The van der Waals surface area contributed by atoms with Crippen molar-refractivity contribution in [2.24, 2.45) is 5.41 Å². The standard InChI is InChI=1S/C20H17N3O4/c1-20(2)9-26-19(27-10-20)11-3-4-15-12(7-11)16(24)17-22-14-5-6-21-8-13(14)18(25)23(15)17/h3-8,19H,9-10H2,1-2H3. The van der Waals surface area contributed by atoms with E-state index in [9.17, 15) is 9.59 Å². The molecule has 0 amide bonds. The Bertz CT molecular complexity index is 1160. The Morgan fingerprint density at radius 1 is 1.15 bits per heavy atom. The molecular formula is C20H17N3O4. The van der Waals surface area contributed by atoms with Gasteiger partial charge in [-0.05, 0) is 18.2 Å². The molecule has 2 aromatic heterocycles. The number of nitrogens with zero attached hydrogens (tertiary/aromatic N) is 3. The van der Waals surface area contributed by atoms with E-state index in [4.69, 9.17) is 9.47 Å². The van der Waals surface area contributed by atoms with Crippen molar-refractivity contribution >= 4 is 16.7 Å². The van der Waals surface area contributed by atoms with Crippen molar-refractivity contribution in [2.75, 3.05) is 13.2 Å². The molecule has 1 fully saturated rings. The highest BCUT2D eigenvalue weighted by atomic mass is 16.7. The lowest BCUT2D eigenvalue weighted by atomic mass is 9.95. The van der Waals surface area contributed by atoms with Gasteiger partial charge in [0.05, 0.1) is 35.4 Å². The Kier molecular flexibility index (Phi) is 3.35. The van der Waals surface area contributed by atoms with Crippen molar-refractivity contribution in [3.63, 3.8) is 0 Å². The topological polar surface area (TPSA) is 83.3 Å². The highest BCUT2D eigenvalue weighted by Crippen LogP contribution is 2.34. The molecule has 0 aliphatic carbocycles. The molecule has 0 bridgehead atoms. The molecule has 0 unspecified atom stereocenters. The fraction of sp³-hybridized carbons (Fsp3) is 0.300. The molecule has 1 aromatic carbocycles. The maximum atomic E-state index is 12.9. The number of benzene rings is 1. The van der Waals surface area contributed by atoms with Gasteiger partial charge in [0.1, 0.15) is 0 Å². The van der Waals surface area contributed by atoms with Crippen molar-refractivity contribution in [3.8, 4) is 5.69 Å². The van der Waals surface area contributed by atoms with Crippen LogP contribution in [0.2, 0.25) is 0 Å². The molecule has 0 saturated carbocycles. The van der Waals surface area contributed by atoms with Gasteiger partial charge in [-0.25, -0.2) is 4.98 Å². The highest BCUT2D eigenvalue weighted by Gasteiger charge is 2.33. The number of carbonyl (C=O) groups excluding carboxylic acids is 1. The Labute approximate surface area is 154 Å². The van der Waals surface area contributed by atoms with E-state index in [0.717, 1.165) is 5.56 Å². The quantitative estimate of drug-likeness (QED) is 0.516. The number of rotatable bonds is 1. The van der Waals surface area contributed by atoms with Gasteiger partial charge in [0.15, 0.2) is 12.1 Å². The first-order chi connectivity index (χ1) is 12.9. The third kappa shape index (κ3) is 2.43. The monoisotopic (exact) mass is 363 g/mol. The number of pyridine rings is 1. The molecule has 7 heteroatoms. The van der Waals surface area contributed by atoms with Crippen LogP contribution in [0.5, 0.6) is 0 Å². The van der Waals surface area contributed by atoms with Gasteiger partial charge in [-0.2, -0.15) is 0 Å².